The van der Waals surface area contributed by atoms with Crippen molar-refractivity contribution in [1.82, 2.24) is 20.0 Å². The molecule has 2 rings (SSSR count). The smallest absolute Gasteiger partial charge is 0.285 e. The number of guanidine groups is 1. The van der Waals surface area contributed by atoms with E-state index < -0.39 is 10.0 Å². The maximum Gasteiger partial charge on any atom is 0.285 e. The van der Waals surface area contributed by atoms with Gasteiger partial charge in [-0.15, -0.1) is 0 Å². The van der Waals surface area contributed by atoms with Crippen molar-refractivity contribution in [3.63, 3.8) is 0 Å². The molecule has 7 nitrogen and oxygen atoms in total. The van der Waals surface area contributed by atoms with Crippen LogP contribution in [0.2, 0.25) is 0 Å². The molecule has 0 amide bonds. The van der Waals surface area contributed by atoms with E-state index >= 15 is 0 Å². The molecule has 8 heteroatoms. The van der Waals surface area contributed by atoms with Crippen molar-refractivity contribution < 1.29 is 8.42 Å². The summed E-state index contributed by atoms with van der Waals surface area (Å²) in [5, 5.41) is 2.86. The lowest BCUT2D eigenvalue weighted by molar-refractivity contribution is 0.483. The maximum atomic E-state index is 11.9. The van der Waals surface area contributed by atoms with Crippen molar-refractivity contribution in [2.75, 3.05) is 0 Å². The molecule has 0 saturated heterocycles. The lowest BCUT2D eigenvalue weighted by Gasteiger charge is -2.22. The Balaban J connectivity index is 2.35. The standard InChI is InChI=1S/C10H15N5O2S/c1-6(2)7(3)13-10-14-8-9(12-5-4-11-8)18(16,17)15-10/h4-7H,1-3H3,(H2,11,13,14,15). The summed E-state index contributed by atoms with van der Waals surface area (Å²) in [5.41, 5.74) is 0. The summed E-state index contributed by atoms with van der Waals surface area (Å²) < 4.78 is 26.1. The highest BCUT2D eigenvalue weighted by molar-refractivity contribution is 7.90. The van der Waals surface area contributed by atoms with Gasteiger partial charge in [0.15, 0.2) is 5.82 Å². The van der Waals surface area contributed by atoms with E-state index in [1.54, 1.807) is 0 Å². The van der Waals surface area contributed by atoms with Gasteiger partial charge in [-0.05, 0) is 12.8 Å². The highest BCUT2D eigenvalue weighted by Gasteiger charge is 2.28. The molecule has 0 saturated carbocycles. The molecule has 98 valence electrons. The van der Waals surface area contributed by atoms with Crippen molar-refractivity contribution in [3.8, 4) is 0 Å². The molecule has 2 N–H and O–H groups in total. The van der Waals surface area contributed by atoms with E-state index in [1.165, 1.54) is 12.4 Å². The third-order valence-electron chi connectivity index (χ3n) is 2.71. The predicted molar refractivity (Wildman–Crippen MR) is 66.9 cm³/mol. The molecule has 18 heavy (non-hydrogen) atoms. The van der Waals surface area contributed by atoms with Gasteiger partial charge in [0.25, 0.3) is 10.0 Å². The fraction of sp³-hybridized carbons (Fsp3) is 0.500. The summed E-state index contributed by atoms with van der Waals surface area (Å²) >= 11 is 0. The van der Waals surface area contributed by atoms with Gasteiger partial charge in [-0.1, -0.05) is 13.8 Å². The average Bonchev–Trinajstić information content (AvgIpc) is 2.28. The average molecular weight is 269 g/mol. The lowest BCUT2D eigenvalue weighted by atomic mass is 10.1. The number of fused-ring (bicyclic) bond motifs is 1. The highest BCUT2D eigenvalue weighted by Crippen LogP contribution is 2.21. The molecule has 1 unspecified atom stereocenters. The van der Waals surface area contributed by atoms with Gasteiger partial charge < -0.3 is 5.32 Å². The van der Waals surface area contributed by atoms with Crippen LogP contribution in [-0.2, 0) is 10.0 Å². The summed E-state index contributed by atoms with van der Waals surface area (Å²) in [5.74, 6) is 0.638. The fourth-order valence-corrected chi connectivity index (χ4v) is 2.33. The van der Waals surface area contributed by atoms with Gasteiger partial charge in [0, 0.05) is 18.4 Å². The number of nitrogens with one attached hydrogen (secondary N) is 2. The molecule has 1 aliphatic rings. The molecular formula is C10H15N5O2S. The van der Waals surface area contributed by atoms with Crippen LogP contribution in [0.1, 0.15) is 20.8 Å². The Kier molecular flexibility index (Phi) is 3.20. The van der Waals surface area contributed by atoms with Gasteiger partial charge in [-0.2, -0.15) is 13.4 Å². The molecule has 0 radical (unpaired) electrons. The van der Waals surface area contributed by atoms with Crippen molar-refractivity contribution in [3.05, 3.63) is 12.4 Å². The Morgan fingerprint density at radius 3 is 2.56 bits per heavy atom. The zero-order valence-corrected chi connectivity index (χ0v) is 11.2. The molecule has 1 aromatic heterocycles. The first kappa shape index (κ1) is 12.7. The topological polar surface area (TPSA) is 96.3 Å². The minimum atomic E-state index is -3.68. The number of nitrogens with zero attached hydrogens (tertiary/aromatic N) is 3. The number of hydrogen-bond donors (Lipinski definition) is 2. The molecule has 1 aromatic rings. The first-order valence-corrected chi connectivity index (χ1v) is 7.07. The number of rotatable bonds is 2. The Bertz CT molecular complexity index is 582. The summed E-state index contributed by atoms with van der Waals surface area (Å²) in [6.45, 7) is 6.01. The van der Waals surface area contributed by atoms with Crippen LogP contribution in [-0.4, -0.2) is 30.4 Å². The number of aromatic nitrogens is 2. The van der Waals surface area contributed by atoms with E-state index in [4.69, 9.17) is 0 Å². The second-order valence-corrected chi connectivity index (χ2v) is 6.03. The van der Waals surface area contributed by atoms with Crippen molar-refractivity contribution in [2.45, 2.75) is 31.8 Å². The van der Waals surface area contributed by atoms with E-state index in [0.29, 0.717) is 5.92 Å². The van der Waals surface area contributed by atoms with Gasteiger partial charge >= 0.3 is 0 Å². The predicted octanol–water partition coefficient (Wildman–Crippen LogP) is 0.390. The fourth-order valence-electron chi connectivity index (χ4n) is 1.33. The Hall–Kier alpha value is -1.70. The van der Waals surface area contributed by atoms with Crippen LogP contribution in [0.25, 0.3) is 0 Å². The van der Waals surface area contributed by atoms with E-state index in [-0.39, 0.29) is 22.8 Å². The maximum absolute atomic E-state index is 11.9. The second-order valence-electron chi connectivity index (χ2n) is 4.43. The monoisotopic (exact) mass is 269 g/mol. The van der Waals surface area contributed by atoms with Crippen molar-refractivity contribution in [2.24, 2.45) is 10.9 Å². The van der Waals surface area contributed by atoms with E-state index in [9.17, 15) is 8.42 Å². The Morgan fingerprint density at radius 1 is 1.22 bits per heavy atom. The molecule has 0 aromatic carbocycles. The van der Waals surface area contributed by atoms with Crippen LogP contribution in [0.15, 0.2) is 22.4 Å². The SMILES string of the molecule is CC(C)C(C)NC1=Nc2nccnc2S(=O)(=O)N1. The van der Waals surface area contributed by atoms with Crippen LogP contribution in [0.5, 0.6) is 0 Å². The zero-order valence-electron chi connectivity index (χ0n) is 10.4. The van der Waals surface area contributed by atoms with E-state index in [2.05, 4.69) is 25.0 Å². The van der Waals surface area contributed by atoms with Gasteiger partial charge in [-0.3, -0.25) is 0 Å². The Labute approximate surface area is 106 Å². The third-order valence-corrected chi connectivity index (χ3v) is 3.97. The summed E-state index contributed by atoms with van der Waals surface area (Å²) in [6, 6.07) is 0.0877. The van der Waals surface area contributed by atoms with E-state index in [1.807, 2.05) is 20.8 Å². The van der Waals surface area contributed by atoms with Gasteiger partial charge in [0.05, 0.1) is 0 Å². The molecule has 0 spiro atoms. The molecule has 2 heterocycles. The van der Waals surface area contributed by atoms with Crippen molar-refractivity contribution >= 4 is 21.8 Å². The van der Waals surface area contributed by atoms with Crippen LogP contribution in [0.4, 0.5) is 5.82 Å². The van der Waals surface area contributed by atoms with E-state index in [0.717, 1.165) is 0 Å². The van der Waals surface area contributed by atoms with Crippen LogP contribution < -0.4 is 10.0 Å². The Morgan fingerprint density at radius 2 is 1.89 bits per heavy atom. The normalized spacial score (nSPS) is 18.6. The summed E-state index contributed by atoms with van der Waals surface area (Å²) in [6.07, 6.45) is 2.73. The van der Waals surface area contributed by atoms with Gasteiger partial charge in [0.2, 0.25) is 11.0 Å². The first-order chi connectivity index (χ1) is 8.40. The quantitative estimate of drug-likeness (QED) is 0.809. The van der Waals surface area contributed by atoms with Crippen molar-refractivity contribution in [1.29, 1.82) is 0 Å². The number of hydrogen-bond acceptors (Lipinski definition) is 6. The molecule has 0 aliphatic carbocycles. The second kappa shape index (κ2) is 4.52. The third kappa shape index (κ3) is 2.42. The van der Waals surface area contributed by atoms with Crippen LogP contribution in [0.3, 0.4) is 0 Å². The largest absolute Gasteiger partial charge is 0.353 e. The first-order valence-electron chi connectivity index (χ1n) is 5.59. The molecule has 1 atom stereocenters. The number of aliphatic imine (C=N–C) groups is 1. The molecule has 0 fully saturated rings. The summed E-state index contributed by atoms with van der Waals surface area (Å²) in [7, 11) is -3.68. The van der Waals surface area contributed by atoms with Gasteiger partial charge in [-0.25, -0.2) is 14.7 Å². The van der Waals surface area contributed by atoms with Crippen LogP contribution in [0, 0.1) is 5.92 Å². The van der Waals surface area contributed by atoms with Gasteiger partial charge in [0.1, 0.15) is 0 Å². The number of sulfonamides is 1. The summed E-state index contributed by atoms with van der Waals surface area (Å²) in [4.78, 5) is 11.8. The lowest BCUT2D eigenvalue weighted by Crippen LogP contribution is -2.47. The molecule has 0 bridgehead atoms. The minimum absolute atomic E-state index is 0.0877. The molecule has 1 aliphatic heterocycles. The zero-order chi connectivity index (χ0) is 13.3. The highest BCUT2D eigenvalue weighted by atomic mass is 32.2. The van der Waals surface area contributed by atoms with Crippen LogP contribution >= 0.6 is 0 Å². The molecular weight excluding hydrogens is 254 g/mol. The minimum Gasteiger partial charge on any atom is -0.353 e.